The molecule has 0 unspecified atom stereocenters. The maximum absolute atomic E-state index is 11.8. The van der Waals surface area contributed by atoms with Crippen molar-refractivity contribution in [1.29, 1.82) is 0 Å². The van der Waals surface area contributed by atoms with Crippen molar-refractivity contribution < 1.29 is 30.0 Å². The van der Waals surface area contributed by atoms with Crippen LogP contribution in [-0.4, -0.2) is 73.5 Å². The number of thioether (sulfide) groups is 2. The van der Waals surface area contributed by atoms with E-state index in [9.17, 15) is 25.2 Å². The van der Waals surface area contributed by atoms with Gasteiger partial charge in [-0.2, -0.15) is 0 Å². The molecule has 6 nitrogen and oxygen atoms in total. The molecule has 0 aliphatic carbocycles. The molecule has 4 atom stereocenters. The van der Waals surface area contributed by atoms with Crippen molar-refractivity contribution in [3.8, 4) is 0 Å². The van der Waals surface area contributed by atoms with Crippen LogP contribution < -0.4 is 0 Å². The second-order valence-corrected chi connectivity index (χ2v) is 8.42. The molecule has 0 aliphatic rings. The topological polar surface area (TPSA) is 107 Å². The lowest BCUT2D eigenvalue weighted by molar-refractivity contribution is -0.112. The second kappa shape index (κ2) is 11.8. The van der Waals surface area contributed by atoms with Crippen molar-refractivity contribution in [2.24, 2.45) is 0 Å². The van der Waals surface area contributed by atoms with Gasteiger partial charge in [-0.25, -0.2) is 4.79 Å². The van der Waals surface area contributed by atoms with E-state index in [0.717, 1.165) is 11.5 Å². The Labute approximate surface area is 156 Å². The summed E-state index contributed by atoms with van der Waals surface area (Å²) in [6.07, 6.45) is -5.90. The number of carbonyl (C=O) groups is 1. The van der Waals surface area contributed by atoms with Crippen LogP contribution in [0, 0.1) is 0 Å². The molecule has 25 heavy (non-hydrogen) atoms. The van der Waals surface area contributed by atoms with Crippen LogP contribution >= 0.6 is 23.5 Å². The number of esters is 1. The Morgan fingerprint density at radius 3 is 2.04 bits per heavy atom. The SMILES string of the molecule is CCSC(SCC)[C@H](O)[C@@H](O)[C@H](O)[C@H](O)COC(=O)c1ccccc1. The molecular formula is C17H26O6S2. The lowest BCUT2D eigenvalue weighted by atomic mass is 10.0. The van der Waals surface area contributed by atoms with Gasteiger partial charge in [-0.15, -0.1) is 23.5 Å². The summed E-state index contributed by atoms with van der Waals surface area (Å²) in [6.45, 7) is 3.38. The van der Waals surface area contributed by atoms with Gasteiger partial charge in [0.2, 0.25) is 0 Å². The summed E-state index contributed by atoms with van der Waals surface area (Å²) in [4.78, 5) is 11.8. The smallest absolute Gasteiger partial charge is 0.338 e. The molecule has 0 saturated carbocycles. The van der Waals surface area contributed by atoms with Gasteiger partial charge in [0, 0.05) is 0 Å². The summed E-state index contributed by atoms with van der Waals surface area (Å²) < 4.78 is 4.62. The summed E-state index contributed by atoms with van der Waals surface area (Å²) in [7, 11) is 0. The van der Waals surface area contributed by atoms with Gasteiger partial charge in [-0.1, -0.05) is 32.0 Å². The highest BCUT2D eigenvalue weighted by molar-refractivity contribution is 8.17. The van der Waals surface area contributed by atoms with Gasteiger partial charge in [0.25, 0.3) is 0 Å². The van der Waals surface area contributed by atoms with Gasteiger partial charge in [-0.05, 0) is 23.6 Å². The van der Waals surface area contributed by atoms with Crippen LogP contribution in [0.3, 0.4) is 0 Å². The van der Waals surface area contributed by atoms with Crippen LogP contribution in [0.5, 0.6) is 0 Å². The highest BCUT2D eigenvalue weighted by Crippen LogP contribution is 2.29. The van der Waals surface area contributed by atoms with Gasteiger partial charge in [-0.3, -0.25) is 0 Å². The fourth-order valence-corrected chi connectivity index (χ4v) is 4.66. The number of benzene rings is 1. The van der Waals surface area contributed by atoms with E-state index < -0.39 is 37.0 Å². The van der Waals surface area contributed by atoms with Crippen LogP contribution in [-0.2, 0) is 4.74 Å². The number of carbonyl (C=O) groups excluding carboxylic acids is 1. The molecule has 0 fully saturated rings. The number of rotatable bonds is 11. The molecule has 0 aliphatic heterocycles. The predicted molar refractivity (Wildman–Crippen MR) is 101 cm³/mol. The quantitative estimate of drug-likeness (QED) is 0.329. The third kappa shape index (κ3) is 7.16. The van der Waals surface area contributed by atoms with Crippen LogP contribution in [0.25, 0.3) is 0 Å². The number of aliphatic hydroxyl groups excluding tert-OH is 4. The lowest BCUT2D eigenvalue weighted by Gasteiger charge is -2.30. The average molecular weight is 391 g/mol. The first-order valence-corrected chi connectivity index (χ1v) is 10.2. The zero-order valence-corrected chi connectivity index (χ0v) is 15.9. The van der Waals surface area contributed by atoms with Crippen molar-refractivity contribution in [1.82, 2.24) is 0 Å². The molecular weight excluding hydrogens is 364 g/mol. The molecule has 142 valence electrons. The van der Waals surface area contributed by atoms with Crippen LogP contribution in [0.15, 0.2) is 30.3 Å². The van der Waals surface area contributed by atoms with Gasteiger partial charge < -0.3 is 25.2 Å². The number of hydrogen-bond donors (Lipinski definition) is 4. The monoisotopic (exact) mass is 390 g/mol. The summed E-state index contributed by atoms with van der Waals surface area (Å²) in [5.74, 6) is 0.853. The first-order valence-electron chi connectivity index (χ1n) is 8.09. The van der Waals surface area contributed by atoms with Crippen LogP contribution in [0.4, 0.5) is 0 Å². The third-order valence-corrected chi connectivity index (χ3v) is 6.13. The van der Waals surface area contributed by atoms with E-state index in [1.807, 2.05) is 13.8 Å². The third-order valence-electron chi connectivity index (χ3n) is 3.43. The Bertz CT molecular complexity index is 495. The average Bonchev–Trinajstić information content (AvgIpc) is 2.64. The minimum Gasteiger partial charge on any atom is -0.459 e. The molecule has 1 rings (SSSR count). The zero-order valence-electron chi connectivity index (χ0n) is 14.3. The first-order chi connectivity index (χ1) is 11.9. The van der Waals surface area contributed by atoms with Crippen molar-refractivity contribution >= 4 is 29.5 Å². The Balaban J connectivity index is 2.55. The number of hydrogen-bond acceptors (Lipinski definition) is 8. The molecule has 0 aromatic heterocycles. The lowest BCUT2D eigenvalue weighted by Crippen LogP contribution is -2.49. The maximum Gasteiger partial charge on any atom is 0.338 e. The summed E-state index contributed by atoms with van der Waals surface area (Å²) in [5, 5.41) is 40.4. The zero-order chi connectivity index (χ0) is 18.8. The highest BCUT2D eigenvalue weighted by atomic mass is 32.2. The standard InChI is InChI=1S/C17H26O6S2/c1-3-24-17(25-4-2)15(21)14(20)13(19)12(18)10-23-16(22)11-8-6-5-7-9-11/h5-9,12-15,17-21H,3-4,10H2,1-2H3/t12-,13-,14+,15-/m1/s1. The van der Waals surface area contributed by atoms with Gasteiger partial charge >= 0.3 is 5.97 Å². The Morgan fingerprint density at radius 2 is 1.52 bits per heavy atom. The van der Waals surface area contributed by atoms with Crippen molar-refractivity contribution in [3.63, 3.8) is 0 Å². The molecule has 8 heteroatoms. The van der Waals surface area contributed by atoms with Gasteiger partial charge in [0.05, 0.1) is 10.1 Å². The second-order valence-electron chi connectivity index (χ2n) is 5.28. The number of ether oxygens (including phenoxy) is 1. The number of aliphatic hydroxyl groups is 4. The fraction of sp³-hybridized carbons (Fsp3) is 0.588. The normalized spacial score (nSPS) is 16.3. The summed E-state index contributed by atoms with van der Waals surface area (Å²) >= 11 is 2.91. The van der Waals surface area contributed by atoms with E-state index in [1.54, 1.807) is 30.3 Å². The van der Waals surface area contributed by atoms with Gasteiger partial charge in [0.15, 0.2) is 0 Å². The fourth-order valence-electron chi connectivity index (χ4n) is 2.08. The Morgan fingerprint density at radius 1 is 0.960 bits per heavy atom. The highest BCUT2D eigenvalue weighted by Gasteiger charge is 2.35. The molecule has 0 amide bonds. The summed E-state index contributed by atoms with van der Waals surface area (Å²) in [6, 6.07) is 8.25. The van der Waals surface area contributed by atoms with E-state index in [4.69, 9.17) is 4.74 Å². The Hall–Kier alpha value is -0.770. The summed E-state index contributed by atoms with van der Waals surface area (Å²) in [5.41, 5.74) is 0.323. The molecule has 0 heterocycles. The molecule has 0 spiro atoms. The molecule has 0 bridgehead atoms. The van der Waals surface area contributed by atoms with Crippen LogP contribution in [0.1, 0.15) is 24.2 Å². The molecule has 0 saturated heterocycles. The minimum absolute atomic E-state index is 0.321. The van der Waals surface area contributed by atoms with E-state index in [1.165, 1.54) is 23.5 Å². The molecule has 1 aromatic carbocycles. The minimum atomic E-state index is -1.63. The maximum atomic E-state index is 11.8. The van der Waals surface area contributed by atoms with Crippen molar-refractivity contribution in [2.45, 2.75) is 42.8 Å². The molecule has 4 N–H and O–H groups in total. The predicted octanol–water partition coefficient (Wildman–Crippen LogP) is 1.12. The van der Waals surface area contributed by atoms with E-state index in [-0.39, 0.29) is 4.58 Å². The molecule has 0 radical (unpaired) electrons. The van der Waals surface area contributed by atoms with Crippen molar-refractivity contribution in [3.05, 3.63) is 35.9 Å². The van der Waals surface area contributed by atoms with Crippen LogP contribution in [0.2, 0.25) is 0 Å². The Kier molecular flexibility index (Phi) is 10.5. The van der Waals surface area contributed by atoms with E-state index >= 15 is 0 Å². The largest absolute Gasteiger partial charge is 0.459 e. The van der Waals surface area contributed by atoms with E-state index in [2.05, 4.69) is 0 Å². The molecule has 1 aromatic rings. The first kappa shape index (κ1) is 22.3. The van der Waals surface area contributed by atoms with E-state index in [0.29, 0.717) is 5.56 Å². The van der Waals surface area contributed by atoms with Gasteiger partial charge in [0.1, 0.15) is 31.0 Å². The van der Waals surface area contributed by atoms with Crippen molar-refractivity contribution in [2.75, 3.05) is 18.1 Å².